The third-order valence-electron chi connectivity index (χ3n) is 2.91. The largest absolute Gasteiger partial charge is 0.293 e. The number of carbonyl (C=O) groups is 1. The first-order valence-electron chi connectivity index (χ1n) is 5.24. The van der Waals surface area contributed by atoms with Crippen molar-refractivity contribution in [2.24, 2.45) is 0 Å². The van der Waals surface area contributed by atoms with Crippen LogP contribution in [0.4, 0.5) is 5.95 Å². The van der Waals surface area contributed by atoms with Gasteiger partial charge in [-0.2, -0.15) is 0 Å². The second-order valence-electron chi connectivity index (χ2n) is 3.96. The second kappa shape index (κ2) is 2.79. The number of para-hydroxylation sites is 1. The summed E-state index contributed by atoms with van der Waals surface area (Å²) in [5.74, 6) is 1.08. The standard InChI is InChI=1S/C11H7N5O/c17-8-5-16-10-9(14-15-11(16)13-8)6-3-1-2-4-7(6)12-10/h1-4H,5H2,(H,13,15,17). The van der Waals surface area contributed by atoms with Crippen LogP contribution in [-0.4, -0.2) is 25.7 Å². The minimum Gasteiger partial charge on any atom is -0.293 e. The van der Waals surface area contributed by atoms with E-state index in [1.807, 2.05) is 24.3 Å². The summed E-state index contributed by atoms with van der Waals surface area (Å²) in [6.45, 7) is 0.255. The fourth-order valence-corrected chi connectivity index (χ4v) is 2.15. The molecule has 0 bridgehead atoms. The first-order valence-corrected chi connectivity index (χ1v) is 5.24. The van der Waals surface area contributed by atoms with Gasteiger partial charge >= 0.3 is 0 Å². The molecule has 1 aromatic rings. The van der Waals surface area contributed by atoms with Crippen LogP contribution in [0.5, 0.6) is 0 Å². The van der Waals surface area contributed by atoms with Gasteiger partial charge in [0.1, 0.15) is 12.2 Å². The highest BCUT2D eigenvalue weighted by Gasteiger charge is 2.26. The van der Waals surface area contributed by atoms with Crippen LogP contribution in [0, 0.1) is 0 Å². The molecular weight excluding hydrogens is 218 g/mol. The highest BCUT2D eigenvalue weighted by atomic mass is 16.2. The summed E-state index contributed by atoms with van der Waals surface area (Å²) < 4.78 is 1.75. The van der Waals surface area contributed by atoms with Gasteiger partial charge in [0.15, 0.2) is 5.82 Å². The monoisotopic (exact) mass is 225 g/mol. The van der Waals surface area contributed by atoms with Crippen LogP contribution in [0.1, 0.15) is 0 Å². The first kappa shape index (κ1) is 8.63. The molecule has 4 rings (SSSR count). The molecule has 0 atom stereocenters. The molecule has 0 unspecified atom stereocenters. The fraction of sp³-hybridized carbons (Fsp3) is 0.0909. The number of nitrogens with zero attached hydrogens (tertiary/aromatic N) is 4. The molecule has 0 aromatic heterocycles. The number of fused-ring (bicyclic) bond motifs is 5. The van der Waals surface area contributed by atoms with E-state index in [-0.39, 0.29) is 12.5 Å². The molecule has 17 heavy (non-hydrogen) atoms. The zero-order valence-corrected chi connectivity index (χ0v) is 8.71. The van der Waals surface area contributed by atoms with Gasteiger partial charge in [0, 0.05) is 5.39 Å². The summed E-state index contributed by atoms with van der Waals surface area (Å²) in [6, 6.07) is 7.74. The highest BCUT2D eigenvalue weighted by molar-refractivity contribution is 5.97. The zero-order valence-electron chi connectivity index (χ0n) is 8.71. The average molecular weight is 225 g/mol. The predicted molar refractivity (Wildman–Crippen MR) is 60.6 cm³/mol. The summed E-state index contributed by atoms with van der Waals surface area (Å²) in [5.41, 5.74) is 1.61. The summed E-state index contributed by atoms with van der Waals surface area (Å²) in [6.07, 6.45) is 0. The Morgan fingerprint density at radius 1 is 1.24 bits per heavy atom. The normalized spacial score (nSPS) is 14.2. The molecule has 0 saturated heterocycles. The Labute approximate surface area is 95.6 Å². The Morgan fingerprint density at radius 2 is 2.12 bits per heavy atom. The van der Waals surface area contributed by atoms with Gasteiger partial charge in [-0.15, -0.1) is 10.2 Å². The number of hydrogen-bond acceptors (Lipinski definition) is 4. The lowest BCUT2D eigenvalue weighted by Crippen LogP contribution is -2.05. The number of rotatable bonds is 0. The molecule has 0 spiro atoms. The smallest absolute Gasteiger partial charge is 0.246 e. The number of aromatic nitrogens is 4. The molecule has 3 heterocycles. The molecule has 82 valence electrons. The maximum Gasteiger partial charge on any atom is 0.246 e. The van der Waals surface area contributed by atoms with E-state index < -0.39 is 0 Å². The van der Waals surface area contributed by atoms with Crippen molar-refractivity contribution in [1.29, 1.82) is 0 Å². The number of carbonyl (C=O) groups excluding carboxylic acids is 1. The molecular formula is C11H7N5O. The molecule has 6 nitrogen and oxygen atoms in total. The first-order chi connectivity index (χ1) is 8.33. The average Bonchev–Trinajstić information content (AvgIpc) is 2.87. The topological polar surface area (TPSA) is 72.7 Å². The van der Waals surface area contributed by atoms with Gasteiger partial charge < -0.3 is 0 Å². The lowest BCUT2D eigenvalue weighted by Gasteiger charge is -2.04. The lowest BCUT2D eigenvalue weighted by molar-refractivity contribution is -0.115. The van der Waals surface area contributed by atoms with E-state index in [2.05, 4.69) is 20.5 Å². The summed E-state index contributed by atoms with van der Waals surface area (Å²) in [7, 11) is 0. The Kier molecular flexibility index (Phi) is 1.42. The van der Waals surface area contributed by atoms with E-state index in [1.165, 1.54) is 0 Å². The number of anilines is 1. The van der Waals surface area contributed by atoms with E-state index in [1.54, 1.807) is 4.57 Å². The van der Waals surface area contributed by atoms with Crippen molar-refractivity contribution in [3.8, 4) is 11.5 Å². The van der Waals surface area contributed by atoms with Crippen molar-refractivity contribution in [2.75, 3.05) is 5.32 Å². The van der Waals surface area contributed by atoms with E-state index in [9.17, 15) is 4.79 Å². The second-order valence-corrected chi connectivity index (χ2v) is 3.96. The number of hydrogen-bond donors (Lipinski definition) is 1. The Morgan fingerprint density at radius 3 is 3.06 bits per heavy atom. The quantitative estimate of drug-likeness (QED) is 0.616. The van der Waals surface area contributed by atoms with Crippen LogP contribution in [0.3, 0.4) is 0 Å². The Balaban J connectivity index is 2.13. The molecule has 3 aliphatic rings. The van der Waals surface area contributed by atoms with Gasteiger partial charge in [0.05, 0.1) is 5.52 Å². The predicted octanol–water partition coefficient (Wildman–Crippen LogP) is 0.883. The van der Waals surface area contributed by atoms with E-state index in [0.29, 0.717) is 11.8 Å². The van der Waals surface area contributed by atoms with Crippen molar-refractivity contribution in [3.63, 3.8) is 0 Å². The van der Waals surface area contributed by atoms with Crippen LogP contribution >= 0.6 is 0 Å². The van der Waals surface area contributed by atoms with Crippen LogP contribution in [-0.2, 0) is 11.3 Å². The molecule has 1 amide bonds. The molecule has 0 saturated carbocycles. The van der Waals surface area contributed by atoms with Crippen LogP contribution in [0.25, 0.3) is 22.4 Å². The van der Waals surface area contributed by atoms with E-state index in [4.69, 9.17) is 0 Å². The SMILES string of the molecule is O=C1Cn2c(nnc3c4ccccc4nc2-3)N1. The fourth-order valence-electron chi connectivity index (χ4n) is 2.15. The maximum atomic E-state index is 11.3. The van der Waals surface area contributed by atoms with Crippen molar-refractivity contribution in [1.82, 2.24) is 19.7 Å². The van der Waals surface area contributed by atoms with Gasteiger partial charge in [-0.1, -0.05) is 18.2 Å². The maximum absolute atomic E-state index is 11.3. The van der Waals surface area contributed by atoms with E-state index in [0.717, 1.165) is 16.6 Å². The highest BCUT2D eigenvalue weighted by Crippen LogP contribution is 2.31. The van der Waals surface area contributed by atoms with Crippen LogP contribution < -0.4 is 5.32 Å². The number of nitrogens with one attached hydrogen (secondary N) is 1. The van der Waals surface area contributed by atoms with Crippen molar-refractivity contribution in [2.45, 2.75) is 6.54 Å². The third-order valence-corrected chi connectivity index (χ3v) is 2.91. The summed E-state index contributed by atoms with van der Waals surface area (Å²) >= 11 is 0. The van der Waals surface area contributed by atoms with Gasteiger partial charge in [0.2, 0.25) is 11.9 Å². The molecule has 0 aliphatic carbocycles. The van der Waals surface area contributed by atoms with Crippen LogP contribution in [0.15, 0.2) is 24.3 Å². The minimum absolute atomic E-state index is 0.0844. The van der Waals surface area contributed by atoms with Gasteiger partial charge in [0.25, 0.3) is 0 Å². The Bertz CT molecular complexity index is 732. The van der Waals surface area contributed by atoms with E-state index >= 15 is 0 Å². The summed E-state index contributed by atoms with van der Waals surface area (Å²) in [5, 5.41) is 11.7. The molecule has 0 fully saturated rings. The van der Waals surface area contributed by atoms with Crippen molar-refractivity contribution in [3.05, 3.63) is 24.3 Å². The van der Waals surface area contributed by atoms with Crippen LogP contribution in [0.2, 0.25) is 0 Å². The lowest BCUT2D eigenvalue weighted by atomic mass is 10.2. The molecule has 3 aliphatic heterocycles. The Hall–Kier alpha value is -2.50. The van der Waals surface area contributed by atoms with Gasteiger partial charge in [-0.05, 0) is 6.07 Å². The molecule has 6 heteroatoms. The summed E-state index contributed by atoms with van der Waals surface area (Å²) in [4.78, 5) is 15.8. The number of benzene rings is 1. The van der Waals surface area contributed by atoms with Gasteiger partial charge in [-0.3, -0.25) is 14.7 Å². The zero-order chi connectivity index (χ0) is 11.4. The number of amides is 1. The van der Waals surface area contributed by atoms with Crippen molar-refractivity contribution < 1.29 is 4.79 Å². The molecule has 1 aromatic carbocycles. The molecule has 0 radical (unpaired) electrons. The molecule has 1 N–H and O–H groups in total. The third kappa shape index (κ3) is 1.04. The van der Waals surface area contributed by atoms with Crippen molar-refractivity contribution >= 4 is 22.8 Å². The minimum atomic E-state index is -0.0844. The van der Waals surface area contributed by atoms with Gasteiger partial charge in [-0.25, -0.2) is 4.98 Å².